The smallest absolute Gasteiger partial charge is 0.267 e. The number of rotatable bonds is 2. The third-order valence-electron chi connectivity index (χ3n) is 1.41. The summed E-state index contributed by atoms with van der Waals surface area (Å²) in [5.74, 6) is 0.385. The second kappa shape index (κ2) is 4.67. The fraction of sp³-hybridized carbons (Fsp3) is 0.286. The van der Waals surface area contributed by atoms with Gasteiger partial charge in [0.2, 0.25) is 0 Å². The molecular weight excluding hydrogens is 406 g/mol. The first-order valence-corrected chi connectivity index (χ1v) is 5.39. The maximum atomic E-state index is 12.5. The van der Waals surface area contributed by atoms with Crippen molar-refractivity contribution < 1.29 is 13.5 Å². The van der Waals surface area contributed by atoms with E-state index < -0.39 is 6.43 Å². The number of pyridine rings is 1. The van der Waals surface area contributed by atoms with Gasteiger partial charge in [0.1, 0.15) is 3.70 Å². The Morgan fingerprint density at radius 3 is 2.54 bits per heavy atom. The highest BCUT2D eigenvalue weighted by Gasteiger charge is 2.19. The van der Waals surface area contributed by atoms with E-state index in [0.29, 0.717) is 13.0 Å². The van der Waals surface area contributed by atoms with Crippen LogP contribution in [0.4, 0.5) is 8.78 Å². The molecule has 0 unspecified atom stereocenters. The van der Waals surface area contributed by atoms with Crippen molar-refractivity contribution in [2.24, 2.45) is 0 Å². The van der Waals surface area contributed by atoms with Gasteiger partial charge in [0, 0.05) is 0 Å². The second-order valence-corrected chi connectivity index (χ2v) is 4.25. The number of nitrogens with zero attached hydrogens (tertiary/aromatic N) is 1. The molecular formula is C7H5F2I2NO. The Kier molecular flexibility index (Phi) is 4.07. The molecule has 0 saturated heterocycles. The second-order valence-electron chi connectivity index (χ2n) is 2.15. The standard InChI is InChI=1S/C7H5F2I2NO/c1-13-3-2-12-7(11)4(5(3)10)6(8)9/h2,6H,1H3. The molecule has 1 heterocycles. The summed E-state index contributed by atoms with van der Waals surface area (Å²) in [6.07, 6.45) is -1.07. The Morgan fingerprint density at radius 2 is 2.08 bits per heavy atom. The molecule has 1 aromatic heterocycles. The van der Waals surface area contributed by atoms with Crippen molar-refractivity contribution in [2.45, 2.75) is 6.43 Å². The van der Waals surface area contributed by atoms with Crippen LogP contribution in [0, 0.1) is 7.27 Å². The van der Waals surface area contributed by atoms with E-state index in [9.17, 15) is 8.78 Å². The third kappa shape index (κ3) is 2.39. The molecule has 0 amide bonds. The van der Waals surface area contributed by atoms with Gasteiger partial charge < -0.3 is 4.74 Å². The van der Waals surface area contributed by atoms with Gasteiger partial charge in [0.25, 0.3) is 6.43 Å². The van der Waals surface area contributed by atoms with Gasteiger partial charge >= 0.3 is 0 Å². The van der Waals surface area contributed by atoms with Crippen molar-refractivity contribution in [3.8, 4) is 5.75 Å². The first kappa shape index (κ1) is 11.3. The quantitative estimate of drug-likeness (QED) is 0.551. The predicted octanol–water partition coefficient (Wildman–Crippen LogP) is 3.24. The maximum Gasteiger partial charge on any atom is 0.267 e. The highest BCUT2D eigenvalue weighted by Crippen LogP contribution is 2.33. The number of halogens is 4. The minimum absolute atomic E-state index is 0.0550. The van der Waals surface area contributed by atoms with Crippen molar-refractivity contribution in [3.05, 3.63) is 19.0 Å². The Labute approximate surface area is 101 Å². The van der Waals surface area contributed by atoms with Crippen molar-refractivity contribution in [1.29, 1.82) is 0 Å². The fourth-order valence-corrected chi connectivity index (χ4v) is 2.80. The Morgan fingerprint density at radius 1 is 1.46 bits per heavy atom. The van der Waals surface area contributed by atoms with Crippen LogP contribution in [0.1, 0.15) is 12.0 Å². The van der Waals surface area contributed by atoms with Crippen molar-refractivity contribution in [2.75, 3.05) is 7.11 Å². The summed E-state index contributed by atoms with van der Waals surface area (Å²) in [7, 11) is 1.43. The number of ether oxygens (including phenoxy) is 1. The molecule has 6 heteroatoms. The van der Waals surface area contributed by atoms with Crippen molar-refractivity contribution in [3.63, 3.8) is 0 Å². The van der Waals surface area contributed by atoms with Crippen LogP contribution in [0.25, 0.3) is 0 Å². The number of aromatic nitrogens is 1. The summed E-state index contributed by atoms with van der Waals surface area (Å²) in [6.45, 7) is 0. The molecule has 2 nitrogen and oxygen atoms in total. The first-order valence-electron chi connectivity index (χ1n) is 3.24. The zero-order valence-corrected chi connectivity index (χ0v) is 10.8. The molecule has 0 N–H and O–H groups in total. The molecule has 0 bridgehead atoms. The van der Waals surface area contributed by atoms with E-state index in [-0.39, 0.29) is 5.56 Å². The molecule has 13 heavy (non-hydrogen) atoms. The van der Waals surface area contributed by atoms with Crippen LogP contribution in [0.2, 0.25) is 0 Å². The fourth-order valence-electron chi connectivity index (χ4n) is 0.793. The lowest BCUT2D eigenvalue weighted by Crippen LogP contribution is -2.00. The Hall–Kier alpha value is 0.270. The van der Waals surface area contributed by atoms with E-state index in [0.717, 1.165) is 0 Å². The number of hydrogen-bond donors (Lipinski definition) is 0. The van der Waals surface area contributed by atoms with Crippen LogP contribution in [-0.4, -0.2) is 12.1 Å². The van der Waals surface area contributed by atoms with Gasteiger partial charge in [-0.3, -0.25) is 0 Å². The molecule has 0 fully saturated rings. The normalized spacial score (nSPS) is 10.6. The zero-order chi connectivity index (χ0) is 10.0. The van der Waals surface area contributed by atoms with Crippen molar-refractivity contribution in [1.82, 2.24) is 4.98 Å². The maximum absolute atomic E-state index is 12.5. The summed E-state index contributed by atoms with van der Waals surface area (Å²) >= 11 is 3.61. The zero-order valence-electron chi connectivity index (χ0n) is 6.52. The molecule has 1 rings (SSSR count). The highest BCUT2D eigenvalue weighted by atomic mass is 127. The Balaban J connectivity index is 3.30. The molecule has 72 valence electrons. The van der Waals surface area contributed by atoms with Crippen LogP contribution in [0.5, 0.6) is 5.75 Å². The SMILES string of the molecule is COc1cnc(I)c(C(F)F)c1I. The molecule has 0 aliphatic heterocycles. The van der Waals surface area contributed by atoms with Crippen LogP contribution >= 0.6 is 45.2 Å². The largest absolute Gasteiger partial charge is 0.494 e. The lowest BCUT2D eigenvalue weighted by Gasteiger charge is -2.09. The molecule has 0 radical (unpaired) electrons. The Bertz CT molecular complexity index is 320. The molecule has 0 spiro atoms. The first-order chi connectivity index (χ1) is 6.07. The summed E-state index contributed by atoms with van der Waals surface area (Å²) < 4.78 is 30.6. The number of methoxy groups -OCH3 is 1. The predicted molar refractivity (Wildman–Crippen MR) is 61.2 cm³/mol. The minimum Gasteiger partial charge on any atom is -0.494 e. The van der Waals surface area contributed by atoms with Gasteiger partial charge in [-0.15, -0.1) is 0 Å². The summed E-state index contributed by atoms with van der Waals surface area (Å²) in [4.78, 5) is 3.81. The molecule has 1 aromatic rings. The van der Waals surface area contributed by atoms with Gasteiger partial charge in [0.15, 0.2) is 5.75 Å². The molecule has 0 aliphatic rings. The average molecular weight is 411 g/mol. The van der Waals surface area contributed by atoms with E-state index in [1.54, 1.807) is 22.6 Å². The van der Waals surface area contributed by atoms with E-state index in [1.807, 2.05) is 22.6 Å². The van der Waals surface area contributed by atoms with E-state index in [2.05, 4.69) is 4.98 Å². The monoisotopic (exact) mass is 411 g/mol. The van der Waals surface area contributed by atoms with E-state index in [1.165, 1.54) is 13.3 Å². The van der Waals surface area contributed by atoms with Crippen LogP contribution in [0.15, 0.2) is 6.20 Å². The van der Waals surface area contributed by atoms with Crippen molar-refractivity contribution >= 4 is 45.2 Å². The van der Waals surface area contributed by atoms with Gasteiger partial charge in [0.05, 0.1) is 22.4 Å². The van der Waals surface area contributed by atoms with Crippen LogP contribution in [0.3, 0.4) is 0 Å². The van der Waals surface area contributed by atoms with Gasteiger partial charge in [-0.2, -0.15) is 0 Å². The third-order valence-corrected chi connectivity index (χ3v) is 3.38. The minimum atomic E-state index is -2.51. The summed E-state index contributed by atoms with van der Waals surface area (Å²) in [5.41, 5.74) is -0.0550. The van der Waals surface area contributed by atoms with Gasteiger partial charge in [-0.25, -0.2) is 13.8 Å². The number of alkyl halides is 2. The van der Waals surface area contributed by atoms with E-state index >= 15 is 0 Å². The summed E-state index contributed by atoms with van der Waals surface area (Å²) in [6, 6.07) is 0. The van der Waals surface area contributed by atoms with Crippen LogP contribution in [-0.2, 0) is 0 Å². The van der Waals surface area contributed by atoms with E-state index in [4.69, 9.17) is 4.74 Å². The van der Waals surface area contributed by atoms with Gasteiger partial charge in [-0.1, -0.05) is 0 Å². The number of hydrogen-bond acceptors (Lipinski definition) is 2. The van der Waals surface area contributed by atoms with Crippen LogP contribution < -0.4 is 4.74 Å². The average Bonchev–Trinajstić information content (AvgIpc) is 2.04. The molecule has 0 saturated carbocycles. The lowest BCUT2D eigenvalue weighted by molar-refractivity contribution is 0.148. The topological polar surface area (TPSA) is 22.1 Å². The highest BCUT2D eigenvalue weighted by molar-refractivity contribution is 14.1. The lowest BCUT2D eigenvalue weighted by atomic mass is 10.3. The molecule has 0 atom stereocenters. The summed E-state index contributed by atoms with van der Waals surface area (Å²) in [5, 5.41) is 0. The molecule has 0 aromatic carbocycles. The molecule has 0 aliphatic carbocycles. The van der Waals surface area contributed by atoms with Gasteiger partial charge in [-0.05, 0) is 45.2 Å².